The topological polar surface area (TPSA) is 123 Å². The van der Waals surface area contributed by atoms with Crippen LogP contribution in [0.5, 0.6) is 0 Å². The molecule has 2 rings (SSSR count). The summed E-state index contributed by atoms with van der Waals surface area (Å²) in [7, 11) is 0. The van der Waals surface area contributed by atoms with Gasteiger partial charge in [0.1, 0.15) is 11.6 Å². The molecule has 0 aromatic heterocycles. The van der Waals surface area contributed by atoms with E-state index >= 15 is 0 Å². The molecule has 1 aromatic rings. The van der Waals surface area contributed by atoms with Gasteiger partial charge in [0.15, 0.2) is 0 Å². The van der Waals surface area contributed by atoms with Crippen LogP contribution in [0, 0.1) is 5.41 Å². The number of amidine groups is 1. The SMILES string of the molecule is N=C1C=C(O)CC(SCC(=O)Nc2ccc(C(=O)O)cc2)=N1. The Hall–Kier alpha value is -2.61. The number of allylic oxidation sites excluding steroid dienone is 1. The number of anilines is 1. The van der Waals surface area contributed by atoms with E-state index in [9.17, 15) is 14.7 Å². The lowest BCUT2D eigenvalue weighted by atomic mass is 10.2. The number of aliphatic hydroxyl groups excluding tert-OH is 1. The summed E-state index contributed by atoms with van der Waals surface area (Å²) >= 11 is 1.14. The molecule has 0 spiro atoms. The van der Waals surface area contributed by atoms with E-state index in [1.807, 2.05) is 0 Å². The number of hydrogen-bond donors (Lipinski definition) is 4. The van der Waals surface area contributed by atoms with Crippen molar-refractivity contribution in [1.29, 1.82) is 5.41 Å². The largest absolute Gasteiger partial charge is 0.512 e. The van der Waals surface area contributed by atoms with Crippen molar-refractivity contribution >= 4 is 40.2 Å². The van der Waals surface area contributed by atoms with Crippen molar-refractivity contribution in [3.8, 4) is 0 Å². The molecule has 0 saturated carbocycles. The van der Waals surface area contributed by atoms with Gasteiger partial charge in [0, 0.05) is 11.8 Å². The number of hydrogen-bond acceptors (Lipinski definition) is 5. The van der Waals surface area contributed by atoms with E-state index in [-0.39, 0.29) is 35.2 Å². The molecule has 0 aliphatic carbocycles. The number of rotatable bonds is 4. The second-order valence-electron chi connectivity index (χ2n) is 4.42. The van der Waals surface area contributed by atoms with Crippen molar-refractivity contribution in [2.24, 2.45) is 4.99 Å². The molecule has 0 fully saturated rings. The Morgan fingerprint density at radius 3 is 2.59 bits per heavy atom. The number of carboxylic acids is 1. The molecular formula is C14H13N3O4S. The van der Waals surface area contributed by atoms with E-state index in [2.05, 4.69) is 10.3 Å². The van der Waals surface area contributed by atoms with Crippen LogP contribution >= 0.6 is 11.8 Å². The van der Waals surface area contributed by atoms with Gasteiger partial charge in [0.25, 0.3) is 0 Å². The summed E-state index contributed by atoms with van der Waals surface area (Å²) < 4.78 is 0. The predicted octanol–water partition coefficient (Wildman–Crippen LogP) is 2.28. The van der Waals surface area contributed by atoms with Gasteiger partial charge in [-0.25, -0.2) is 9.79 Å². The zero-order chi connectivity index (χ0) is 16.1. The number of carbonyl (C=O) groups excluding carboxylic acids is 1. The second kappa shape index (κ2) is 6.90. The van der Waals surface area contributed by atoms with Crippen LogP contribution in [0.25, 0.3) is 0 Å². The molecule has 1 amide bonds. The summed E-state index contributed by atoms with van der Waals surface area (Å²) in [6.07, 6.45) is 1.47. The summed E-state index contributed by atoms with van der Waals surface area (Å²) in [4.78, 5) is 26.4. The van der Waals surface area contributed by atoms with Gasteiger partial charge in [0.2, 0.25) is 5.91 Å². The smallest absolute Gasteiger partial charge is 0.335 e. The summed E-state index contributed by atoms with van der Waals surface area (Å²) in [6.45, 7) is 0. The first-order chi connectivity index (χ1) is 10.4. The first-order valence-corrected chi connectivity index (χ1v) is 7.24. The highest BCUT2D eigenvalue weighted by atomic mass is 32.2. The van der Waals surface area contributed by atoms with E-state index in [0.29, 0.717) is 10.7 Å². The van der Waals surface area contributed by atoms with Crippen molar-refractivity contribution in [2.45, 2.75) is 6.42 Å². The monoisotopic (exact) mass is 319 g/mol. The fourth-order valence-electron chi connectivity index (χ4n) is 1.70. The van der Waals surface area contributed by atoms with Gasteiger partial charge in [-0.15, -0.1) is 11.8 Å². The van der Waals surface area contributed by atoms with Gasteiger partial charge in [-0.05, 0) is 24.3 Å². The van der Waals surface area contributed by atoms with Crippen molar-refractivity contribution in [3.63, 3.8) is 0 Å². The average molecular weight is 319 g/mol. The van der Waals surface area contributed by atoms with Gasteiger partial charge in [-0.2, -0.15) is 0 Å². The second-order valence-corrected chi connectivity index (χ2v) is 5.47. The Morgan fingerprint density at radius 1 is 1.32 bits per heavy atom. The van der Waals surface area contributed by atoms with E-state index in [4.69, 9.17) is 10.5 Å². The van der Waals surface area contributed by atoms with Gasteiger partial charge >= 0.3 is 5.97 Å². The first kappa shape index (κ1) is 15.8. The van der Waals surface area contributed by atoms with Gasteiger partial charge < -0.3 is 15.5 Å². The number of thioether (sulfide) groups is 1. The molecule has 0 atom stereocenters. The number of aromatic carboxylic acids is 1. The maximum atomic E-state index is 11.8. The van der Waals surface area contributed by atoms with Crippen LogP contribution in [-0.4, -0.2) is 38.7 Å². The van der Waals surface area contributed by atoms with E-state index < -0.39 is 5.97 Å². The number of nitrogens with zero attached hydrogens (tertiary/aromatic N) is 1. The van der Waals surface area contributed by atoms with Crippen LogP contribution in [0.1, 0.15) is 16.8 Å². The fraction of sp³-hybridized carbons (Fsp3) is 0.143. The molecule has 0 unspecified atom stereocenters. The molecule has 114 valence electrons. The average Bonchev–Trinajstić information content (AvgIpc) is 2.45. The van der Waals surface area contributed by atoms with E-state index in [1.54, 1.807) is 0 Å². The summed E-state index contributed by atoms with van der Waals surface area (Å²) in [5, 5.41) is 28.7. The highest BCUT2D eigenvalue weighted by Crippen LogP contribution is 2.17. The Labute approximate surface area is 130 Å². The predicted molar refractivity (Wildman–Crippen MR) is 85.0 cm³/mol. The third-order valence-electron chi connectivity index (χ3n) is 2.67. The Kier molecular flexibility index (Phi) is 4.95. The molecule has 0 saturated heterocycles. The van der Waals surface area contributed by atoms with Crippen molar-refractivity contribution in [3.05, 3.63) is 41.7 Å². The summed E-state index contributed by atoms with van der Waals surface area (Å²) in [5.41, 5.74) is 0.640. The summed E-state index contributed by atoms with van der Waals surface area (Å²) in [6, 6.07) is 5.82. The third-order valence-corrected chi connectivity index (χ3v) is 3.64. The Balaban J connectivity index is 1.86. The molecule has 1 aromatic carbocycles. The van der Waals surface area contributed by atoms with Crippen molar-refractivity contribution in [1.82, 2.24) is 0 Å². The van der Waals surface area contributed by atoms with Gasteiger partial charge in [-0.1, -0.05) is 0 Å². The molecule has 0 radical (unpaired) electrons. The lowest BCUT2D eigenvalue weighted by Gasteiger charge is -2.10. The number of dihydropyridines is 1. The standard InChI is InChI=1S/C14H13N3O4S/c15-11-5-10(18)6-13(17-11)22-7-12(19)16-9-3-1-8(2-4-9)14(20)21/h1-5,15,18H,6-7H2,(H,16,19)(H,20,21). The first-order valence-electron chi connectivity index (χ1n) is 6.25. The lowest BCUT2D eigenvalue weighted by molar-refractivity contribution is -0.113. The highest BCUT2D eigenvalue weighted by Gasteiger charge is 2.13. The lowest BCUT2D eigenvalue weighted by Crippen LogP contribution is -2.16. The number of carboxylic acid groups (broad SMARTS) is 1. The normalized spacial score (nSPS) is 14.1. The zero-order valence-corrected chi connectivity index (χ0v) is 12.2. The number of nitrogens with one attached hydrogen (secondary N) is 2. The number of aliphatic hydroxyl groups is 1. The van der Waals surface area contributed by atoms with Gasteiger partial charge in [0.05, 0.1) is 22.8 Å². The fourth-order valence-corrected chi connectivity index (χ4v) is 2.48. The Bertz CT molecular complexity index is 680. The minimum absolute atomic E-state index is 0.0454. The van der Waals surface area contributed by atoms with Crippen LogP contribution in [0.4, 0.5) is 5.69 Å². The van der Waals surface area contributed by atoms with E-state index in [1.165, 1.54) is 30.3 Å². The molecule has 7 nitrogen and oxygen atoms in total. The molecular weight excluding hydrogens is 306 g/mol. The Morgan fingerprint density at radius 2 is 2.00 bits per heavy atom. The van der Waals surface area contributed by atoms with Crippen LogP contribution in [0.15, 0.2) is 41.1 Å². The number of carbonyl (C=O) groups is 2. The van der Waals surface area contributed by atoms with Crippen molar-refractivity contribution in [2.75, 3.05) is 11.1 Å². The quantitative estimate of drug-likeness (QED) is 0.678. The van der Waals surface area contributed by atoms with Crippen LogP contribution in [0.3, 0.4) is 0 Å². The maximum Gasteiger partial charge on any atom is 0.335 e. The maximum absolute atomic E-state index is 11.8. The third kappa shape index (κ3) is 4.45. The van der Waals surface area contributed by atoms with Gasteiger partial charge in [-0.3, -0.25) is 10.2 Å². The zero-order valence-electron chi connectivity index (χ0n) is 11.4. The molecule has 4 N–H and O–H groups in total. The number of benzene rings is 1. The molecule has 1 heterocycles. The van der Waals surface area contributed by atoms with Crippen LogP contribution in [0.2, 0.25) is 0 Å². The van der Waals surface area contributed by atoms with Crippen molar-refractivity contribution < 1.29 is 19.8 Å². The molecule has 22 heavy (non-hydrogen) atoms. The van der Waals surface area contributed by atoms with Crippen LogP contribution in [-0.2, 0) is 4.79 Å². The minimum Gasteiger partial charge on any atom is -0.512 e. The number of aliphatic imine (C=N–C) groups is 1. The molecule has 0 bridgehead atoms. The molecule has 1 aliphatic rings. The minimum atomic E-state index is -1.03. The summed E-state index contributed by atoms with van der Waals surface area (Å²) in [5.74, 6) is -1.22. The highest BCUT2D eigenvalue weighted by molar-refractivity contribution is 8.14. The molecule has 8 heteroatoms. The molecule has 1 aliphatic heterocycles. The number of amides is 1. The van der Waals surface area contributed by atoms with E-state index in [0.717, 1.165) is 11.8 Å². The van der Waals surface area contributed by atoms with Crippen LogP contribution < -0.4 is 5.32 Å².